The lowest BCUT2D eigenvalue weighted by molar-refractivity contribution is 0.103. The van der Waals surface area contributed by atoms with Crippen molar-refractivity contribution in [1.29, 1.82) is 0 Å². The maximum atomic E-state index is 12.6. The molecular weight excluding hydrogens is 366 g/mol. The van der Waals surface area contributed by atoms with Gasteiger partial charge in [-0.2, -0.15) is 0 Å². The number of benzene rings is 3. The molecule has 140 valence electrons. The van der Waals surface area contributed by atoms with Crippen LogP contribution in [-0.4, -0.2) is 5.91 Å². The number of carbonyl (C=O) groups excluding carboxylic acids is 1. The Hall–Kier alpha value is -3.11. The zero-order valence-corrected chi connectivity index (χ0v) is 16.5. The molecule has 0 saturated heterocycles. The van der Waals surface area contributed by atoms with E-state index in [0.717, 1.165) is 34.4 Å². The molecule has 4 aromatic rings. The first-order valence-electron chi connectivity index (χ1n) is 9.31. The van der Waals surface area contributed by atoms with Gasteiger partial charge in [-0.15, -0.1) is 11.3 Å². The Morgan fingerprint density at radius 2 is 1.75 bits per heavy atom. The van der Waals surface area contributed by atoms with E-state index in [9.17, 15) is 4.79 Å². The fourth-order valence-corrected chi connectivity index (χ4v) is 3.92. The minimum Gasteiger partial charge on any atom is -0.489 e. The van der Waals surface area contributed by atoms with Gasteiger partial charge in [0.1, 0.15) is 12.4 Å². The molecule has 4 heteroatoms. The first-order chi connectivity index (χ1) is 13.7. The van der Waals surface area contributed by atoms with E-state index >= 15 is 0 Å². The Labute approximate surface area is 168 Å². The Kier molecular flexibility index (Phi) is 5.40. The molecule has 0 aliphatic rings. The van der Waals surface area contributed by atoms with Crippen LogP contribution in [0.5, 0.6) is 5.75 Å². The normalized spacial score (nSPS) is 10.8. The van der Waals surface area contributed by atoms with E-state index in [4.69, 9.17) is 4.74 Å². The minimum absolute atomic E-state index is 0.0807. The van der Waals surface area contributed by atoms with Crippen LogP contribution in [0.15, 0.2) is 78.2 Å². The fraction of sp³-hybridized carbons (Fsp3) is 0.125. The molecular formula is C24H21NO2S. The van der Waals surface area contributed by atoms with Gasteiger partial charge in [0.05, 0.1) is 4.88 Å². The highest BCUT2D eigenvalue weighted by molar-refractivity contribution is 7.12. The summed E-state index contributed by atoms with van der Waals surface area (Å²) in [7, 11) is 0. The summed E-state index contributed by atoms with van der Waals surface area (Å²) in [5.41, 5.74) is 3.00. The zero-order chi connectivity index (χ0) is 19.3. The summed E-state index contributed by atoms with van der Waals surface area (Å²) in [6.07, 6.45) is 0.881. The number of aryl methyl sites for hydroxylation is 1. The third-order valence-electron chi connectivity index (χ3n) is 4.65. The molecule has 1 aromatic heterocycles. The van der Waals surface area contributed by atoms with Gasteiger partial charge in [-0.25, -0.2) is 0 Å². The third kappa shape index (κ3) is 4.07. The summed E-state index contributed by atoms with van der Waals surface area (Å²) in [6, 6.07) is 24.1. The second kappa shape index (κ2) is 8.28. The van der Waals surface area contributed by atoms with E-state index in [1.807, 2.05) is 60.0 Å². The van der Waals surface area contributed by atoms with E-state index < -0.39 is 0 Å². The zero-order valence-electron chi connectivity index (χ0n) is 15.6. The van der Waals surface area contributed by atoms with Crippen molar-refractivity contribution in [1.82, 2.24) is 0 Å². The smallest absolute Gasteiger partial charge is 0.265 e. The number of carbonyl (C=O) groups is 1. The quantitative estimate of drug-likeness (QED) is 0.422. The Morgan fingerprint density at radius 1 is 0.964 bits per heavy atom. The van der Waals surface area contributed by atoms with Crippen molar-refractivity contribution in [2.75, 3.05) is 5.32 Å². The largest absolute Gasteiger partial charge is 0.489 e. The molecule has 0 saturated carbocycles. The number of hydrogen-bond donors (Lipinski definition) is 1. The van der Waals surface area contributed by atoms with Crippen LogP contribution in [-0.2, 0) is 13.0 Å². The number of amides is 1. The molecule has 0 aliphatic carbocycles. The van der Waals surface area contributed by atoms with E-state index in [0.29, 0.717) is 11.5 Å². The number of hydrogen-bond acceptors (Lipinski definition) is 3. The molecule has 1 N–H and O–H groups in total. The predicted octanol–water partition coefficient (Wildman–Crippen LogP) is 6.30. The van der Waals surface area contributed by atoms with Gasteiger partial charge in [-0.1, -0.05) is 55.5 Å². The van der Waals surface area contributed by atoms with Crippen molar-refractivity contribution in [2.24, 2.45) is 0 Å². The van der Waals surface area contributed by atoms with Crippen LogP contribution >= 0.6 is 11.3 Å². The summed E-state index contributed by atoms with van der Waals surface area (Å²) in [6.45, 7) is 2.52. The van der Waals surface area contributed by atoms with Gasteiger partial charge >= 0.3 is 0 Å². The molecule has 1 heterocycles. The van der Waals surface area contributed by atoms with Gasteiger partial charge < -0.3 is 10.1 Å². The van der Waals surface area contributed by atoms with E-state index in [-0.39, 0.29) is 5.91 Å². The second-order valence-electron chi connectivity index (χ2n) is 6.58. The van der Waals surface area contributed by atoms with Crippen molar-refractivity contribution in [3.05, 3.63) is 94.2 Å². The Morgan fingerprint density at radius 3 is 2.61 bits per heavy atom. The van der Waals surface area contributed by atoms with Crippen molar-refractivity contribution in [3.63, 3.8) is 0 Å². The molecule has 28 heavy (non-hydrogen) atoms. The number of rotatable bonds is 6. The first kappa shape index (κ1) is 18.3. The van der Waals surface area contributed by atoms with E-state index in [1.54, 1.807) is 0 Å². The number of para-hydroxylation sites is 1. The molecule has 0 radical (unpaired) electrons. The van der Waals surface area contributed by atoms with E-state index in [1.165, 1.54) is 16.7 Å². The second-order valence-corrected chi connectivity index (χ2v) is 7.49. The Balaban J connectivity index is 1.41. The molecule has 1 amide bonds. The molecule has 0 fully saturated rings. The number of thiophene rings is 1. The summed E-state index contributed by atoms with van der Waals surface area (Å²) in [4.78, 5) is 13.3. The van der Waals surface area contributed by atoms with Gasteiger partial charge in [-0.3, -0.25) is 4.79 Å². The van der Waals surface area contributed by atoms with Gasteiger partial charge in [0, 0.05) is 11.3 Å². The maximum Gasteiger partial charge on any atom is 0.265 e. The minimum atomic E-state index is -0.0807. The summed E-state index contributed by atoms with van der Waals surface area (Å²) in [5.74, 6) is 0.746. The van der Waals surface area contributed by atoms with Crippen molar-refractivity contribution in [3.8, 4) is 5.75 Å². The molecule has 0 spiro atoms. The predicted molar refractivity (Wildman–Crippen MR) is 116 cm³/mol. The van der Waals surface area contributed by atoms with Crippen LogP contribution in [0.1, 0.15) is 27.7 Å². The number of anilines is 1. The average Bonchev–Trinajstić information content (AvgIpc) is 3.22. The SMILES string of the molecule is CCc1ccccc1NC(=O)c1cc(COc2ccc3ccccc3c2)cs1. The lowest BCUT2D eigenvalue weighted by Gasteiger charge is -2.08. The highest BCUT2D eigenvalue weighted by Gasteiger charge is 2.11. The lowest BCUT2D eigenvalue weighted by atomic mass is 10.1. The van der Waals surface area contributed by atoms with Crippen LogP contribution in [0.2, 0.25) is 0 Å². The fourth-order valence-electron chi connectivity index (χ4n) is 3.13. The summed E-state index contributed by atoms with van der Waals surface area (Å²) >= 11 is 1.44. The topological polar surface area (TPSA) is 38.3 Å². The summed E-state index contributed by atoms with van der Waals surface area (Å²) < 4.78 is 5.92. The van der Waals surface area contributed by atoms with Crippen molar-refractivity contribution in [2.45, 2.75) is 20.0 Å². The van der Waals surface area contributed by atoms with Crippen LogP contribution in [0, 0.1) is 0 Å². The number of ether oxygens (including phenoxy) is 1. The van der Waals surface area contributed by atoms with Gasteiger partial charge in [0.15, 0.2) is 0 Å². The number of nitrogens with one attached hydrogen (secondary N) is 1. The van der Waals surface area contributed by atoms with Gasteiger partial charge in [0.2, 0.25) is 0 Å². The van der Waals surface area contributed by atoms with Gasteiger partial charge in [0.25, 0.3) is 5.91 Å². The van der Waals surface area contributed by atoms with E-state index in [2.05, 4.69) is 30.4 Å². The molecule has 3 nitrogen and oxygen atoms in total. The molecule has 3 aromatic carbocycles. The van der Waals surface area contributed by atoms with Crippen LogP contribution < -0.4 is 10.1 Å². The van der Waals surface area contributed by atoms with Gasteiger partial charge in [-0.05, 0) is 52.4 Å². The average molecular weight is 388 g/mol. The van der Waals surface area contributed by atoms with Crippen LogP contribution in [0.4, 0.5) is 5.69 Å². The lowest BCUT2D eigenvalue weighted by Crippen LogP contribution is -2.11. The molecule has 0 atom stereocenters. The highest BCUT2D eigenvalue weighted by atomic mass is 32.1. The molecule has 0 aliphatic heterocycles. The van der Waals surface area contributed by atoms with Crippen molar-refractivity contribution < 1.29 is 9.53 Å². The molecule has 0 bridgehead atoms. The van der Waals surface area contributed by atoms with Crippen LogP contribution in [0.3, 0.4) is 0 Å². The standard InChI is InChI=1S/C24H21NO2S/c1-2-18-7-5-6-10-22(18)25-24(26)23-13-17(16-28-23)15-27-21-12-11-19-8-3-4-9-20(19)14-21/h3-14,16H,2,15H2,1H3,(H,25,26). The highest BCUT2D eigenvalue weighted by Crippen LogP contribution is 2.23. The monoisotopic (exact) mass is 387 g/mol. The number of fused-ring (bicyclic) bond motifs is 1. The first-order valence-corrected chi connectivity index (χ1v) is 10.2. The molecule has 4 rings (SSSR count). The van der Waals surface area contributed by atoms with Crippen LogP contribution in [0.25, 0.3) is 10.8 Å². The maximum absolute atomic E-state index is 12.6. The molecule has 0 unspecified atom stereocenters. The summed E-state index contributed by atoms with van der Waals surface area (Å²) in [5, 5.41) is 7.33. The Bertz CT molecular complexity index is 1120. The van der Waals surface area contributed by atoms with Crippen molar-refractivity contribution >= 4 is 33.7 Å². The third-order valence-corrected chi connectivity index (χ3v) is 5.63.